The summed E-state index contributed by atoms with van der Waals surface area (Å²) >= 11 is 0. The van der Waals surface area contributed by atoms with Gasteiger partial charge in [0.1, 0.15) is 5.75 Å². The van der Waals surface area contributed by atoms with Gasteiger partial charge in [-0.25, -0.2) is 0 Å². The summed E-state index contributed by atoms with van der Waals surface area (Å²) in [5.41, 5.74) is 1.18. The molecule has 5 heteroatoms. The van der Waals surface area contributed by atoms with Crippen LogP contribution in [0.3, 0.4) is 0 Å². The molecule has 1 aliphatic rings. The molecule has 0 aromatic heterocycles. The van der Waals surface area contributed by atoms with Gasteiger partial charge < -0.3 is 15.4 Å². The van der Waals surface area contributed by atoms with Gasteiger partial charge in [-0.1, -0.05) is 17.7 Å². The van der Waals surface area contributed by atoms with Gasteiger partial charge in [-0.05, 0) is 50.9 Å². The third-order valence-electron chi connectivity index (χ3n) is 3.43. The summed E-state index contributed by atoms with van der Waals surface area (Å²) in [4.78, 5) is 11.6. The average Bonchev–Trinajstić information content (AvgIpc) is 2.91. The first kappa shape index (κ1) is 16.8. The number of rotatable bonds is 6. The minimum atomic E-state index is -0.0495. The number of carbonyl (C=O) groups is 1. The van der Waals surface area contributed by atoms with E-state index in [1.807, 2.05) is 31.2 Å². The topological polar surface area (TPSA) is 50.4 Å². The molecule has 1 heterocycles. The van der Waals surface area contributed by atoms with E-state index in [2.05, 4.69) is 10.6 Å². The lowest BCUT2D eigenvalue weighted by atomic mass is 10.1. The Morgan fingerprint density at radius 3 is 2.80 bits per heavy atom. The molecule has 2 N–H and O–H groups in total. The first-order valence-corrected chi connectivity index (χ1v) is 6.91. The van der Waals surface area contributed by atoms with E-state index >= 15 is 0 Å². The molecule has 2 rings (SSSR count). The minimum absolute atomic E-state index is 0. The van der Waals surface area contributed by atoms with Gasteiger partial charge in [0, 0.05) is 6.54 Å². The second kappa shape index (κ2) is 8.82. The van der Waals surface area contributed by atoms with Crippen LogP contribution in [-0.4, -0.2) is 32.1 Å². The fourth-order valence-electron chi connectivity index (χ4n) is 2.21. The normalized spacial score (nSPS) is 17.4. The van der Waals surface area contributed by atoms with Crippen LogP contribution in [0.25, 0.3) is 0 Å². The zero-order valence-corrected chi connectivity index (χ0v) is 12.7. The van der Waals surface area contributed by atoms with Crippen molar-refractivity contribution in [2.24, 2.45) is 5.92 Å². The monoisotopic (exact) mass is 298 g/mol. The number of halogens is 1. The summed E-state index contributed by atoms with van der Waals surface area (Å²) in [5.74, 6) is 1.39. The lowest BCUT2D eigenvalue weighted by Gasteiger charge is -2.10. The fraction of sp³-hybridized carbons (Fsp3) is 0.533. The van der Waals surface area contributed by atoms with Crippen molar-refractivity contribution < 1.29 is 9.53 Å². The summed E-state index contributed by atoms with van der Waals surface area (Å²) in [7, 11) is 0. The van der Waals surface area contributed by atoms with Gasteiger partial charge in [0.2, 0.25) is 0 Å². The number of amides is 1. The second-order valence-electron chi connectivity index (χ2n) is 5.10. The van der Waals surface area contributed by atoms with Crippen LogP contribution in [0, 0.1) is 12.8 Å². The Kier molecular flexibility index (Phi) is 7.41. The Balaban J connectivity index is 0.00000200. The number of benzene rings is 1. The largest absolute Gasteiger partial charge is 0.484 e. The lowest BCUT2D eigenvalue weighted by molar-refractivity contribution is -0.123. The zero-order valence-electron chi connectivity index (χ0n) is 11.9. The Morgan fingerprint density at radius 1 is 1.40 bits per heavy atom. The van der Waals surface area contributed by atoms with Gasteiger partial charge in [-0.15, -0.1) is 12.4 Å². The van der Waals surface area contributed by atoms with Crippen LogP contribution in [0.2, 0.25) is 0 Å². The van der Waals surface area contributed by atoms with Gasteiger partial charge in [0.05, 0.1) is 0 Å². The van der Waals surface area contributed by atoms with Gasteiger partial charge in [0.15, 0.2) is 6.61 Å². The van der Waals surface area contributed by atoms with Crippen LogP contribution < -0.4 is 15.4 Å². The molecule has 1 atom stereocenters. The first-order chi connectivity index (χ1) is 9.24. The zero-order chi connectivity index (χ0) is 13.5. The van der Waals surface area contributed by atoms with Crippen molar-refractivity contribution in [3.05, 3.63) is 29.8 Å². The Labute approximate surface area is 126 Å². The van der Waals surface area contributed by atoms with Crippen molar-refractivity contribution in [3.63, 3.8) is 0 Å². The summed E-state index contributed by atoms with van der Waals surface area (Å²) in [5, 5.41) is 6.22. The number of hydrogen-bond acceptors (Lipinski definition) is 3. The Hall–Kier alpha value is -1.26. The van der Waals surface area contributed by atoms with Crippen molar-refractivity contribution in [1.29, 1.82) is 0 Å². The molecule has 1 saturated heterocycles. The predicted molar refractivity (Wildman–Crippen MR) is 82.5 cm³/mol. The number of ether oxygens (including phenoxy) is 1. The molecule has 1 aliphatic heterocycles. The van der Waals surface area contributed by atoms with E-state index in [0.717, 1.165) is 31.8 Å². The van der Waals surface area contributed by atoms with E-state index in [1.165, 1.54) is 12.0 Å². The number of nitrogens with one attached hydrogen (secondary N) is 2. The third kappa shape index (κ3) is 5.80. The van der Waals surface area contributed by atoms with Crippen LogP contribution >= 0.6 is 12.4 Å². The molecular weight excluding hydrogens is 276 g/mol. The van der Waals surface area contributed by atoms with Crippen LogP contribution in [0.5, 0.6) is 5.75 Å². The molecule has 0 saturated carbocycles. The van der Waals surface area contributed by atoms with Crippen molar-refractivity contribution in [2.75, 3.05) is 26.2 Å². The van der Waals surface area contributed by atoms with Gasteiger partial charge >= 0.3 is 0 Å². The highest BCUT2D eigenvalue weighted by molar-refractivity contribution is 5.85. The quantitative estimate of drug-likeness (QED) is 0.843. The highest BCUT2D eigenvalue weighted by Crippen LogP contribution is 2.12. The standard InChI is InChI=1S/C15H22N2O2.ClH/c1-12-2-4-14(5-3-12)19-11-15(18)17-9-7-13-6-8-16-10-13;/h2-5,13,16H,6-11H2,1H3,(H,17,18);1H. The smallest absolute Gasteiger partial charge is 0.257 e. The molecule has 1 amide bonds. The highest BCUT2D eigenvalue weighted by Gasteiger charge is 2.14. The number of hydrogen-bond donors (Lipinski definition) is 2. The van der Waals surface area contributed by atoms with E-state index in [-0.39, 0.29) is 24.9 Å². The van der Waals surface area contributed by atoms with Crippen molar-refractivity contribution in [2.45, 2.75) is 19.8 Å². The van der Waals surface area contributed by atoms with Gasteiger partial charge in [-0.3, -0.25) is 4.79 Å². The molecule has 0 radical (unpaired) electrons. The van der Waals surface area contributed by atoms with E-state index in [9.17, 15) is 4.79 Å². The molecule has 1 fully saturated rings. The summed E-state index contributed by atoms with van der Waals surface area (Å²) in [6, 6.07) is 7.71. The highest BCUT2D eigenvalue weighted by atomic mass is 35.5. The second-order valence-corrected chi connectivity index (χ2v) is 5.10. The van der Waals surface area contributed by atoms with Gasteiger partial charge in [-0.2, -0.15) is 0 Å². The third-order valence-corrected chi connectivity index (χ3v) is 3.43. The maximum Gasteiger partial charge on any atom is 0.257 e. The van der Waals surface area contributed by atoms with Crippen LogP contribution in [-0.2, 0) is 4.79 Å². The maximum atomic E-state index is 11.6. The van der Waals surface area contributed by atoms with Crippen LogP contribution in [0.1, 0.15) is 18.4 Å². The summed E-state index contributed by atoms with van der Waals surface area (Å²) in [6.07, 6.45) is 2.26. The van der Waals surface area contributed by atoms with Crippen molar-refractivity contribution in [1.82, 2.24) is 10.6 Å². The molecule has 1 unspecified atom stereocenters. The summed E-state index contributed by atoms with van der Waals surface area (Å²) in [6.45, 7) is 5.04. The summed E-state index contributed by atoms with van der Waals surface area (Å²) < 4.78 is 5.42. The van der Waals surface area contributed by atoms with E-state index in [0.29, 0.717) is 5.92 Å². The minimum Gasteiger partial charge on any atom is -0.484 e. The van der Waals surface area contributed by atoms with E-state index in [4.69, 9.17) is 4.74 Å². The van der Waals surface area contributed by atoms with Crippen molar-refractivity contribution >= 4 is 18.3 Å². The maximum absolute atomic E-state index is 11.6. The van der Waals surface area contributed by atoms with Gasteiger partial charge in [0.25, 0.3) is 5.91 Å². The molecule has 1 aromatic carbocycles. The van der Waals surface area contributed by atoms with Crippen molar-refractivity contribution in [3.8, 4) is 5.75 Å². The average molecular weight is 299 g/mol. The van der Waals surface area contributed by atoms with Crippen LogP contribution in [0.15, 0.2) is 24.3 Å². The first-order valence-electron chi connectivity index (χ1n) is 6.91. The fourth-order valence-corrected chi connectivity index (χ4v) is 2.21. The molecule has 0 spiro atoms. The number of aryl methyl sites for hydroxylation is 1. The Morgan fingerprint density at radius 2 is 2.15 bits per heavy atom. The number of carbonyl (C=O) groups excluding carboxylic acids is 1. The van der Waals surface area contributed by atoms with Crippen LogP contribution in [0.4, 0.5) is 0 Å². The molecule has 112 valence electrons. The molecule has 0 bridgehead atoms. The molecule has 0 aliphatic carbocycles. The SMILES string of the molecule is Cc1ccc(OCC(=O)NCCC2CCNC2)cc1.Cl. The molecule has 20 heavy (non-hydrogen) atoms. The molecular formula is C15H23ClN2O2. The Bertz CT molecular complexity index is 403. The van der Waals surface area contributed by atoms with E-state index in [1.54, 1.807) is 0 Å². The van der Waals surface area contributed by atoms with E-state index < -0.39 is 0 Å². The molecule has 1 aromatic rings. The predicted octanol–water partition coefficient (Wildman–Crippen LogP) is 1.91. The lowest BCUT2D eigenvalue weighted by Crippen LogP contribution is -2.30. The molecule has 4 nitrogen and oxygen atoms in total.